The van der Waals surface area contributed by atoms with Crippen LogP contribution in [0.5, 0.6) is 0 Å². The Bertz CT molecular complexity index is 819. The van der Waals surface area contributed by atoms with Crippen molar-refractivity contribution in [1.29, 1.82) is 0 Å². The lowest BCUT2D eigenvalue weighted by Gasteiger charge is -2.18. The smallest absolute Gasteiger partial charge is 0.193 e. The normalized spacial score (nSPS) is 17.6. The van der Waals surface area contributed by atoms with Crippen molar-refractivity contribution in [2.45, 2.75) is 20.3 Å². The number of nitrogens with one attached hydrogen (secondary N) is 1. The van der Waals surface area contributed by atoms with Crippen LogP contribution in [0, 0.1) is 31.4 Å². The van der Waals surface area contributed by atoms with E-state index in [2.05, 4.69) is 29.1 Å². The average molecular weight is 358 g/mol. The molecule has 0 radical (unpaired) electrons. The van der Waals surface area contributed by atoms with E-state index < -0.39 is 11.6 Å². The molecule has 1 fully saturated rings. The van der Waals surface area contributed by atoms with Crippen molar-refractivity contribution in [3.05, 3.63) is 59.2 Å². The molecule has 3 N–H and O–H groups in total. The molecule has 0 amide bonds. The molecule has 0 spiro atoms. The molecule has 0 aromatic heterocycles. The van der Waals surface area contributed by atoms with Crippen molar-refractivity contribution >= 4 is 17.3 Å². The van der Waals surface area contributed by atoms with E-state index in [0.717, 1.165) is 25.2 Å². The van der Waals surface area contributed by atoms with E-state index in [9.17, 15) is 8.78 Å². The third kappa shape index (κ3) is 4.31. The molecule has 0 aliphatic carbocycles. The molecule has 3 rings (SSSR count). The number of nitrogens with two attached hydrogens (primary N) is 1. The van der Waals surface area contributed by atoms with Gasteiger partial charge in [-0.3, -0.25) is 4.99 Å². The molecule has 0 bridgehead atoms. The summed E-state index contributed by atoms with van der Waals surface area (Å²) in [5.74, 6) is -0.909. The Balaban J connectivity index is 1.55. The highest BCUT2D eigenvalue weighted by Crippen LogP contribution is 2.25. The summed E-state index contributed by atoms with van der Waals surface area (Å²) in [7, 11) is 0. The van der Waals surface area contributed by atoms with E-state index in [1.54, 1.807) is 6.07 Å². The van der Waals surface area contributed by atoms with Gasteiger partial charge in [-0.05, 0) is 61.6 Å². The topological polar surface area (TPSA) is 53.6 Å². The second kappa shape index (κ2) is 7.72. The van der Waals surface area contributed by atoms with Gasteiger partial charge in [0.1, 0.15) is 0 Å². The highest BCUT2D eigenvalue weighted by atomic mass is 19.2. The first-order chi connectivity index (χ1) is 12.4. The molecule has 2 aromatic carbocycles. The van der Waals surface area contributed by atoms with Gasteiger partial charge in [0, 0.05) is 37.1 Å². The van der Waals surface area contributed by atoms with Crippen LogP contribution in [-0.4, -0.2) is 25.6 Å². The highest BCUT2D eigenvalue weighted by molar-refractivity contribution is 5.92. The summed E-state index contributed by atoms with van der Waals surface area (Å²) in [6.07, 6.45) is 0.944. The van der Waals surface area contributed by atoms with Crippen LogP contribution >= 0.6 is 0 Å². The maximum absolute atomic E-state index is 13.4. The van der Waals surface area contributed by atoms with E-state index >= 15 is 0 Å². The first kappa shape index (κ1) is 18.2. The zero-order valence-electron chi connectivity index (χ0n) is 15.1. The molecule has 6 heteroatoms. The molecule has 1 heterocycles. The fourth-order valence-electron chi connectivity index (χ4n) is 3.13. The van der Waals surface area contributed by atoms with Crippen LogP contribution in [0.1, 0.15) is 17.5 Å². The second-order valence-corrected chi connectivity index (χ2v) is 6.85. The summed E-state index contributed by atoms with van der Waals surface area (Å²) >= 11 is 0. The standard InChI is InChI=1S/C20H24F2N4/c1-13-3-4-16(9-14(13)2)25-20(23)24-11-15-7-8-26(12-15)17-5-6-18(21)19(22)10-17/h3-6,9-10,15H,7-8,11-12H2,1-2H3,(H3,23,24,25). The second-order valence-electron chi connectivity index (χ2n) is 6.85. The number of nitrogens with zero attached hydrogens (tertiary/aromatic N) is 2. The molecule has 1 aliphatic heterocycles. The Morgan fingerprint density at radius 3 is 2.69 bits per heavy atom. The van der Waals surface area contributed by atoms with Gasteiger partial charge >= 0.3 is 0 Å². The minimum absolute atomic E-state index is 0.336. The molecular formula is C20H24F2N4. The summed E-state index contributed by atoms with van der Waals surface area (Å²) in [6, 6.07) is 10.1. The minimum atomic E-state index is -0.820. The number of rotatable bonds is 4. The van der Waals surface area contributed by atoms with Crippen LogP contribution in [0.3, 0.4) is 0 Å². The highest BCUT2D eigenvalue weighted by Gasteiger charge is 2.23. The molecule has 138 valence electrons. The third-order valence-corrected chi connectivity index (χ3v) is 4.85. The minimum Gasteiger partial charge on any atom is -0.371 e. The summed E-state index contributed by atoms with van der Waals surface area (Å²) in [4.78, 5) is 6.49. The van der Waals surface area contributed by atoms with Crippen LogP contribution in [-0.2, 0) is 0 Å². The zero-order chi connectivity index (χ0) is 18.7. The Kier molecular flexibility index (Phi) is 5.40. The number of anilines is 2. The first-order valence-corrected chi connectivity index (χ1v) is 8.76. The van der Waals surface area contributed by atoms with Crippen molar-refractivity contribution < 1.29 is 8.78 Å². The molecule has 0 saturated carbocycles. The largest absolute Gasteiger partial charge is 0.371 e. The molecular weight excluding hydrogens is 334 g/mol. The van der Waals surface area contributed by atoms with Crippen molar-refractivity contribution in [1.82, 2.24) is 0 Å². The Hall–Kier alpha value is -2.63. The van der Waals surface area contributed by atoms with Gasteiger partial charge in [0.2, 0.25) is 0 Å². The van der Waals surface area contributed by atoms with Crippen molar-refractivity contribution in [2.75, 3.05) is 29.9 Å². The van der Waals surface area contributed by atoms with Crippen molar-refractivity contribution in [3.8, 4) is 0 Å². The first-order valence-electron chi connectivity index (χ1n) is 8.76. The summed E-state index contributed by atoms with van der Waals surface area (Å²) in [6.45, 7) is 6.28. The van der Waals surface area contributed by atoms with E-state index in [0.29, 0.717) is 24.1 Å². The number of hydrogen-bond acceptors (Lipinski definition) is 2. The maximum atomic E-state index is 13.4. The van der Waals surface area contributed by atoms with Gasteiger partial charge in [-0.2, -0.15) is 0 Å². The SMILES string of the molecule is Cc1ccc(NC(N)=NCC2CCN(c3ccc(F)c(F)c3)C2)cc1C. The lowest BCUT2D eigenvalue weighted by atomic mass is 10.1. The van der Waals surface area contributed by atoms with Gasteiger partial charge in [0.05, 0.1) is 0 Å². The van der Waals surface area contributed by atoms with Gasteiger partial charge in [-0.25, -0.2) is 8.78 Å². The predicted molar refractivity (Wildman–Crippen MR) is 103 cm³/mol. The fraction of sp³-hybridized carbons (Fsp3) is 0.350. The number of guanidine groups is 1. The summed E-state index contributed by atoms with van der Waals surface area (Å²) in [5, 5.41) is 3.11. The van der Waals surface area contributed by atoms with Crippen LogP contribution in [0.25, 0.3) is 0 Å². The number of halogens is 2. The van der Waals surface area contributed by atoms with Crippen LogP contribution in [0.15, 0.2) is 41.4 Å². The molecule has 2 aromatic rings. The molecule has 1 unspecified atom stereocenters. The molecule has 26 heavy (non-hydrogen) atoms. The number of aryl methyl sites for hydroxylation is 2. The Morgan fingerprint density at radius 1 is 1.15 bits per heavy atom. The molecule has 1 atom stereocenters. The van der Waals surface area contributed by atoms with Gasteiger partial charge in [-0.1, -0.05) is 6.07 Å². The molecule has 1 saturated heterocycles. The van der Waals surface area contributed by atoms with E-state index in [1.807, 2.05) is 18.2 Å². The van der Waals surface area contributed by atoms with E-state index in [-0.39, 0.29) is 0 Å². The molecule has 4 nitrogen and oxygen atoms in total. The van der Waals surface area contributed by atoms with Gasteiger partial charge in [0.15, 0.2) is 17.6 Å². The average Bonchev–Trinajstić information content (AvgIpc) is 3.08. The number of hydrogen-bond donors (Lipinski definition) is 2. The third-order valence-electron chi connectivity index (χ3n) is 4.85. The number of benzene rings is 2. The zero-order valence-corrected chi connectivity index (χ0v) is 15.1. The van der Waals surface area contributed by atoms with Gasteiger partial charge < -0.3 is 16.0 Å². The quantitative estimate of drug-likeness (QED) is 0.645. The summed E-state index contributed by atoms with van der Waals surface area (Å²) < 4.78 is 26.5. The molecule has 1 aliphatic rings. The lowest BCUT2D eigenvalue weighted by molar-refractivity contribution is 0.508. The van der Waals surface area contributed by atoms with E-state index in [4.69, 9.17) is 5.73 Å². The summed E-state index contributed by atoms with van der Waals surface area (Å²) in [5.41, 5.74) is 10.0. The number of aliphatic imine (C=N–C) groups is 1. The lowest BCUT2D eigenvalue weighted by Crippen LogP contribution is -2.25. The van der Waals surface area contributed by atoms with Crippen LogP contribution in [0.4, 0.5) is 20.2 Å². The van der Waals surface area contributed by atoms with Crippen molar-refractivity contribution in [2.24, 2.45) is 16.6 Å². The van der Waals surface area contributed by atoms with Crippen molar-refractivity contribution in [3.63, 3.8) is 0 Å². The maximum Gasteiger partial charge on any atom is 0.193 e. The Labute approximate surface area is 152 Å². The van der Waals surface area contributed by atoms with E-state index in [1.165, 1.54) is 23.3 Å². The van der Waals surface area contributed by atoms with Gasteiger partial charge in [-0.15, -0.1) is 0 Å². The Morgan fingerprint density at radius 2 is 1.96 bits per heavy atom. The predicted octanol–water partition coefficient (Wildman–Crippen LogP) is 3.83. The van der Waals surface area contributed by atoms with Crippen LogP contribution < -0.4 is 16.0 Å². The monoisotopic (exact) mass is 358 g/mol. The fourth-order valence-corrected chi connectivity index (χ4v) is 3.13. The van der Waals surface area contributed by atoms with Crippen LogP contribution in [0.2, 0.25) is 0 Å². The van der Waals surface area contributed by atoms with Gasteiger partial charge in [0.25, 0.3) is 0 Å².